The van der Waals surface area contributed by atoms with Gasteiger partial charge in [-0.25, -0.2) is 44.5 Å². The molecule has 28 heteroatoms. The van der Waals surface area contributed by atoms with E-state index in [2.05, 4.69) is 55.7 Å². The van der Waals surface area contributed by atoms with Crippen LogP contribution in [0.4, 0.5) is 70.6 Å². The third kappa shape index (κ3) is 11.6. The van der Waals surface area contributed by atoms with Crippen LogP contribution in [0.2, 0.25) is 0 Å². The molecular formula is C45H51F6N15O7. The highest BCUT2D eigenvalue weighted by molar-refractivity contribution is 6.08. The summed E-state index contributed by atoms with van der Waals surface area (Å²) >= 11 is 0. The van der Waals surface area contributed by atoms with Crippen molar-refractivity contribution in [2.45, 2.75) is 96.3 Å². The fraction of sp³-hybridized carbons (Fsp3) is 0.511. The number of nitrogens with one attached hydrogen (secondary N) is 3. The lowest BCUT2D eigenvalue weighted by atomic mass is 9.98. The monoisotopic (exact) mass is 1030 g/mol. The molecule has 0 radical (unpaired) electrons. The van der Waals surface area contributed by atoms with Gasteiger partial charge in [0, 0.05) is 44.7 Å². The minimum Gasteiger partial charge on any atom is -0.474 e. The summed E-state index contributed by atoms with van der Waals surface area (Å²) in [6.45, 7) is 5.97. The van der Waals surface area contributed by atoms with Gasteiger partial charge in [-0.3, -0.25) is 35.1 Å². The number of ether oxygens (including phenoxy) is 1. The molecule has 5 N–H and O–H groups in total. The lowest BCUT2D eigenvalue weighted by molar-refractivity contribution is -0.174. The summed E-state index contributed by atoms with van der Waals surface area (Å²) in [6.07, 6.45) is -3.62. The predicted molar refractivity (Wildman–Crippen MR) is 250 cm³/mol. The van der Waals surface area contributed by atoms with E-state index < -0.39 is 73.4 Å². The fourth-order valence-electron chi connectivity index (χ4n) is 8.85. The molecule has 4 aliphatic rings. The molecule has 2 fully saturated rings. The third-order valence-corrected chi connectivity index (χ3v) is 12.8. The van der Waals surface area contributed by atoms with Gasteiger partial charge in [0.1, 0.15) is 12.7 Å². The first kappa shape index (κ1) is 52.0. The Bertz CT molecular complexity index is 2840. The molecule has 9 rings (SSSR count). The number of H-pyrrole nitrogens is 1. The van der Waals surface area contributed by atoms with E-state index in [1.54, 1.807) is 12.1 Å². The van der Waals surface area contributed by atoms with Gasteiger partial charge in [-0.2, -0.15) is 31.4 Å². The van der Waals surface area contributed by atoms with E-state index in [0.29, 0.717) is 60.7 Å². The molecule has 5 aromatic rings. The standard InChI is InChI=1S/C23H25F3N8O2.C22H26F3N7O5/c1-3-13(23(24,25)26)9-17(35)20-27-10-16-21(29-20)34(14-5-4-8-33(16)11-14)22(36)30-19-15-7-6-12(2)28-18(15)31-32-19;1-12(22(23,24)25)5-16(35)19-28-6-15-20(30-19)32(13-3-2-4-31(15)9-13)21(36)29-17-7-27-18(8-26-17)37-11-14(34)10-33/h6-7,10,13-14H,3-5,8-9,11H2,1-2H3,(H2,28,30,31,32,36);6-8,12-14,33-34H,2-5,9-11H2,1H3,(H,26,29,36)/t13-,14+;12-,13-,14+/m10/s1. The number of Topliss-reactive ketones (excluding diaryl/α,β-unsaturated/α-hetero) is 2. The van der Waals surface area contributed by atoms with Gasteiger partial charge in [-0.05, 0) is 51.2 Å². The lowest BCUT2D eigenvalue weighted by Gasteiger charge is -2.45. The Hall–Kier alpha value is -7.36. The van der Waals surface area contributed by atoms with Crippen molar-refractivity contribution < 1.29 is 60.5 Å². The zero-order valence-electron chi connectivity index (χ0n) is 39.6. The number of carbonyl (C=O) groups is 4. The summed E-state index contributed by atoms with van der Waals surface area (Å²) in [5.41, 5.74) is 2.38. The van der Waals surface area contributed by atoms with Crippen LogP contribution in [0.5, 0.6) is 5.88 Å². The van der Waals surface area contributed by atoms with Crippen LogP contribution in [0.25, 0.3) is 11.0 Å². The van der Waals surface area contributed by atoms with E-state index in [0.717, 1.165) is 32.0 Å². The second-order valence-corrected chi connectivity index (χ2v) is 18.0. The number of piperidine rings is 2. The maximum atomic E-state index is 13.5. The number of aliphatic hydroxyl groups excluding tert-OH is 2. The molecule has 0 spiro atoms. The number of nitrogens with zero attached hydrogens (tertiary/aromatic N) is 12. The Labute approximate surface area is 412 Å². The number of rotatable bonds is 13. The molecule has 0 saturated carbocycles. The Morgan fingerprint density at radius 1 is 0.795 bits per heavy atom. The van der Waals surface area contributed by atoms with Crippen molar-refractivity contribution in [2.75, 3.05) is 69.6 Å². The predicted octanol–water partition coefficient (Wildman–Crippen LogP) is 6.03. The number of ketones is 2. The summed E-state index contributed by atoms with van der Waals surface area (Å²) in [7, 11) is 0. The fourth-order valence-corrected chi connectivity index (χ4v) is 8.85. The van der Waals surface area contributed by atoms with Crippen LogP contribution in [0, 0.1) is 18.8 Å². The molecule has 5 atom stereocenters. The second-order valence-electron chi connectivity index (χ2n) is 18.0. The molecule has 4 bridgehead atoms. The number of aromatic nitrogens is 9. The number of aliphatic hydroxyl groups is 2. The largest absolute Gasteiger partial charge is 0.474 e. The minimum absolute atomic E-state index is 0.0701. The van der Waals surface area contributed by atoms with Crippen LogP contribution >= 0.6 is 0 Å². The van der Waals surface area contributed by atoms with Gasteiger partial charge in [-0.15, -0.1) is 0 Å². The number of aromatic amines is 1. The number of amides is 4. The van der Waals surface area contributed by atoms with Gasteiger partial charge in [0.25, 0.3) is 0 Å². The Morgan fingerprint density at radius 2 is 1.38 bits per heavy atom. The zero-order chi connectivity index (χ0) is 52.4. The van der Waals surface area contributed by atoms with Crippen LogP contribution in [0.1, 0.15) is 85.7 Å². The van der Waals surface area contributed by atoms with Crippen molar-refractivity contribution in [1.29, 1.82) is 0 Å². The topological polar surface area (TPSA) is 274 Å². The van der Waals surface area contributed by atoms with E-state index in [1.807, 2.05) is 16.7 Å². The second kappa shape index (κ2) is 21.4. The van der Waals surface area contributed by atoms with Crippen molar-refractivity contribution >= 4 is 69.3 Å². The number of anilines is 6. The molecule has 4 aliphatic heterocycles. The molecule has 2 saturated heterocycles. The summed E-state index contributed by atoms with van der Waals surface area (Å²) in [5, 5.41) is 31.2. The van der Waals surface area contributed by atoms with Gasteiger partial charge >= 0.3 is 24.4 Å². The summed E-state index contributed by atoms with van der Waals surface area (Å²) < 4.78 is 83.7. The van der Waals surface area contributed by atoms with Crippen LogP contribution in [0.3, 0.4) is 0 Å². The van der Waals surface area contributed by atoms with E-state index in [-0.39, 0.29) is 60.1 Å². The molecule has 9 heterocycles. The number of halogens is 6. The van der Waals surface area contributed by atoms with Crippen molar-refractivity contribution in [3.8, 4) is 5.88 Å². The maximum absolute atomic E-state index is 13.5. The highest BCUT2D eigenvalue weighted by atomic mass is 19.4. The Balaban J connectivity index is 0.000000195. The normalized spacial score (nSPS) is 18.4. The van der Waals surface area contributed by atoms with Gasteiger partial charge in [0.2, 0.25) is 17.4 Å². The molecule has 22 nitrogen and oxygen atoms in total. The quantitative estimate of drug-likeness (QED) is 0.0665. The van der Waals surface area contributed by atoms with E-state index in [9.17, 15) is 50.6 Å². The molecule has 0 unspecified atom stereocenters. The number of aryl methyl sites for hydroxylation is 1. The Morgan fingerprint density at radius 3 is 1.92 bits per heavy atom. The average molecular weight is 1030 g/mol. The molecule has 4 amide bonds. The first-order valence-corrected chi connectivity index (χ1v) is 23.4. The van der Waals surface area contributed by atoms with Crippen LogP contribution < -0.4 is 35.0 Å². The van der Waals surface area contributed by atoms with Crippen molar-refractivity contribution in [2.24, 2.45) is 11.8 Å². The number of fused-ring (bicyclic) bond motifs is 9. The number of pyridine rings is 1. The van der Waals surface area contributed by atoms with Gasteiger partial charge in [0.05, 0.1) is 72.1 Å². The van der Waals surface area contributed by atoms with Crippen molar-refractivity contribution in [3.63, 3.8) is 0 Å². The molecule has 0 aliphatic carbocycles. The summed E-state index contributed by atoms with van der Waals surface area (Å²) in [4.78, 5) is 87.9. The maximum Gasteiger partial charge on any atom is 0.392 e. The number of hydrogen-bond acceptors (Lipinski definition) is 17. The zero-order valence-corrected chi connectivity index (χ0v) is 39.6. The summed E-state index contributed by atoms with van der Waals surface area (Å²) in [6, 6.07) is 1.98. The first-order chi connectivity index (χ1) is 34.7. The van der Waals surface area contributed by atoms with E-state index in [1.165, 1.54) is 41.5 Å². The lowest BCUT2D eigenvalue weighted by Crippen LogP contribution is -2.56. The number of urea groups is 2. The highest BCUT2D eigenvalue weighted by Crippen LogP contribution is 2.40. The SMILES string of the molecule is CC[C@H](CC(=O)c1ncc2c(n1)N(C(=O)Nc1n[nH]c3nc(C)ccc13)[C@H]1CCCN2C1)C(F)(F)F.C[C@@H](CC(=O)c1ncc2c(n1)N(C(=O)Nc1cnc(OC[C@H](O)CO)cn1)[C@H]1CCCN2C1)C(F)(F)F. The Kier molecular flexibility index (Phi) is 15.2. The molecule has 73 heavy (non-hydrogen) atoms. The van der Waals surface area contributed by atoms with Gasteiger partial charge in [0.15, 0.2) is 40.6 Å². The van der Waals surface area contributed by atoms with Gasteiger partial charge < -0.3 is 24.7 Å². The smallest absolute Gasteiger partial charge is 0.392 e. The van der Waals surface area contributed by atoms with E-state index >= 15 is 0 Å². The highest BCUT2D eigenvalue weighted by Gasteiger charge is 2.43. The summed E-state index contributed by atoms with van der Waals surface area (Å²) in [5.74, 6) is -5.25. The van der Waals surface area contributed by atoms with Crippen molar-refractivity contribution in [3.05, 3.63) is 54.3 Å². The molecule has 5 aromatic heterocycles. The molecular weight excluding hydrogens is 977 g/mol. The number of alkyl halides is 6. The third-order valence-electron chi connectivity index (χ3n) is 12.8. The first-order valence-electron chi connectivity index (χ1n) is 23.4. The number of hydrogen-bond donors (Lipinski definition) is 5. The number of carbonyl (C=O) groups excluding carboxylic acids is 4. The minimum atomic E-state index is -4.53. The van der Waals surface area contributed by atoms with Crippen LogP contribution in [-0.2, 0) is 0 Å². The van der Waals surface area contributed by atoms with Crippen LogP contribution in [-0.4, -0.2) is 149 Å². The molecule has 390 valence electrons. The van der Waals surface area contributed by atoms with Crippen molar-refractivity contribution in [1.82, 2.24) is 45.1 Å². The molecule has 0 aromatic carbocycles. The average Bonchev–Trinajstić information content (AvgIpc) is 3.75. The van der Waals surface area contributed by atoms with E-state index in [4.69, 9.17) is 9.84 Å². The van der Waals surface area contributed by atoms with Crippen LogP contribution in [0.15, 0.2) is 36.9 Å². The van der Waals surface area contributed by atoms with Gasteiger partial charge in [-0.1, -0.05) is 13.8 Å².